The molecule has 0 aliphatic heterocycles. The Bertz CT molecular complexity index is 465. The highest BCUT2D eigenvalue weighted by Gasteiger charge is 2.12. The van der Waals surface area contributed by atoms with E-state index in [1.54, 1.807) is 11.3 Å². The molecule has 2 rings (SSSR count). The largest absolute Gasteiger partial charge is 0.388 e. The van der Waals surface area contributed by atoms with Gasteiger partial charge in [-0.1, -0.05) is 28.1 Å². The second-order valence-electron chi connectivity index (χ2n) is 3.88. The lowest BCUT2D eigenvalue weighted by molar-refractivity contribution is 0.178. The lowest BCUT2D eigenvalue weighted by atomic mass is 10.0. The molecule has 0 spiro atoms. The number of hydrogen-bond donors (Lipinski definition) is 1. The molecule has 1 aromatic carbocycles. The van der Waals surface area contributed by atoms with Crippen molar-refractivity contribution in [2.75, 3.05) is 0 Å². The van der Waals surface area contributed by atoms with Gasteiger partial charge in [0.25, 0.3) is 0 Å². The van der Waals surface area contributed by atoms with Crippen molar-refractivity contribution < 1.29 is 5.11 Å². The summed E-state index contributed by atoms with van der Waals surface area (Å²) < 4.78 is 0.982. The molecule has 0 saturated heterocycles. The van der Waals surface area contributed by atoms with E-state index in [9.17, 15) is 5.11 Å². The maximum absolute atomic E-state index is 10.1. The van der Waals surface area contributed by atoms with E-state index in [1.807, 2.05) is 30.5 Å². The minimum Gasteiger partial charge on any atom is -0.388 e. The van der Waals surface area contributed by atoms with Gasteiger partial charge in [-0.3, -0.25) is 0 Å². The van der Waals surface area contributed by atoms with E-state index in [0.29, 0.717) is 6.42 Å². The Labute approximate surface area is 108 Å². The summed E-state index contributed by atoms with van der Waals surface area (Å²) in [6.45, 7) is 2.04. The van der Waals surface area contributed by atoms with Gasteiger partial charge in [0.05, 0.1) is 6.10 Å². The zero-order valence-electron chi connectivity index (χ0n) is 8.98. The van der Waals surface area contributed by atoms with Crippen LogP contribution >= 0.6 is 27.3 Å². The molecule has 1 unspecified atom stereocenters. The Kier molecular flexibility index (Phi) is 3.79. The van der Waals surface area contributed by atoms with Crippen LogP contribution in [0.25, 0.3) is 0 Å². The predicted octanol–water partition coefficient (Wildman–Crippen LogP) is 4.10. The fraction of sp³-hybridized carbons (Fsp3) is 0.231. The molecule has 0 aliphatic carbocycles. The number of halogens is 1. The van der Waals surface area contributed by atoms with E-state index in [2.05, 4.69) is 27.4 Å². The third-order valence-corrected chi connectivity index (χ3v) is 3.94. The predicted molar refractivity (Wildman–Crippen MR) is 71.9 cm³/mol. The quantitative estimate of drug-likeness (QED) is 0.904. The first-order chi connectivity index (χ1) is 7.66. The van der Waals surface area contributed by atoms with Crippen molar-refractivity contribution in [2.45, 2.75) is 19.4 Å². The molecule has 2 aromatic rings. The Morgan fingerprint density at radius 1 is 1.38 bits per heavy atom. The Hall–Kier alpha value is -0.640. The summed E-state index contributed by atoms with van der Waals surface area (Å²) in [7, 11) is 0. The average molecular weight is 297 g/mol. The molecule has 1 nitrogen and oxygen atoms in total. The molecule has 0 aliphatic rings. The highest BCUT2D eigenvalue weighted by molar-refractivity contribution is 9.10. The van der Waals surface area contributed by atoms with Crippen LogP contribution in [0, 0.1) is 6.92 Å². The van der Waals surface area contributed by atoms with Crippen molar-refractivity contribution in [2.24, 2.45) is 0 Å². The second-order valence-corrected chi connectivity index (χ2v) is 5.51. The van der Waals surface area contributed by atoms with Crippen molar-refractivity contribution in [3.63, 3.8) is 0 Å². The third-order valence-electron chi connectivity index (χ3n) is 2.52. The molecule has 3 heteroatoms. The van der Waals surface area contributed by atoms with E-state index in [1.165, 1.54) is 11.1 Å². The maximum atomic E-state index is 10.1. The summed E-state index contributed by atoms with van der Waals surface area (Å²) in [5, 5.41) is 14.2. The number of hydrogen-bond acceptors (Lipinski definition) is 2. The molecule has 16 heavy (non-hydrogen) atoms. The topological polar surface area (TPSA) is 20.2 Å². The van der Waals surface area contributed by atoms with Gasteiger partial charge in [-0.05, 0) is 46.5 Å². The van der Waals surface area contributed by atoms with Gasteiger partial charge >= 0.3 is 0 Å². The minimum atomic E-state index is -0.440. The zero-order chi connectivity index (χ0) is 11.5. The Balaban J connectivity index is 2.17. The first-order valence-electron chi connectivity index (χ1n) is 5.12. The molecule has 1 atom stereocenters. The van der Waals surface area contributed by atoms with Gasteiger partial charge in [0.2, 0.25) is 0 Å². The van der Waals surface area contributed by atoms with Crippen LogP contribution in [0.3, 0.4) is 0 Å². The van der Waals surface area contributed by atoms with Crippen molar-refractivity contribution in [3.05, 3.63) is 56.2 Å². The number of aliphatic hydroxyl groups is 1. The highest BCUT2D eigenvalue weighted by Crippen LogP contribution is 2.27. The van der Waals surface area contributed by atoms with Gasteiger partial charge in [0.1, 0.15) is 0 Å². The van der Waals surface area contributed by atoms with Crippen LogP contribution < -0.4 is 0 Å². The van der Waals surface area contributed by atoms with Crippen LogP contribution in [0.4, 0.5) is 0 Å². The zero-order valence-corrected chi connectivity index (χ0v) is 11.4. The fourth-order valence-corrected chi connectivity index (χ4v) is 3.08. The average Bonchev–Trinajstić information content (AvgIpc) is 2.70. The summed E-state index contributed by atoms with van der Waals surface area (Å²) in [5.74, 6) is 0. The van der Waals surface area contributed by atoms with Crippen LogP contribution in [0.1, 0.15) is 22.8 Å². The lowest BCUT2D eigenvalue weighted by Crippen LogP contribution is -2.02. The number of aliphatic hydroxyl groups excluding tert-OH is 1. The van der Waals surface area contributed by atoms with Crippen LogP contribution in [-0.2, 0) is 6.42 Å². The summed E-state index contributed by atoms with van der Waals surface area (Å²) in [6.07, 6.45) is 0.232. The molecular weight excluding hydrogens is 284 g/mol. The van der Waals surface area contributed by atoms with Gasteiger partial charge in [-0.15, -0.1) is 0 Å². The first kappa shape index (κ1) is 11.8. The second kappa shape index (κ2) is 5.13. The van der Waals surface area contributed by atoms with E-state index in [4.69, 9.17) is 0 Å². The van der Waals surface area contributed by atoms with Crippen LogP contribution in [0.2, 0.25) is 0 Å². The number of aryl methyl sites for hydroxylation is 1. The fourth-order valence-electron chi connectivity index (χ4n) is 1.64. The van der Waals surface area contributed by atoms with Gasteiger partial charge in [0.15, 0.2) is 0 Å². The van der Waals surface area contributed by atoms with Gasteiger partial charge in [-0.2, -0.15) is 11.3 Å². The molecule has 0 amide bonds. The molecule has 0 fully saturated rings. The summed E-state index contributed by atoms with van der Waals surface area (Å²) in [4.78, 5) is 0. The minimum absolute atomic E-state index is 0.440. The summed E-state index contributed by atoms with van der Waals surface area (Å²) in [6, 6.07) is 8.09. The van der Waals surface area contributed by atoms with E-state index in [-0.39, 0.29) is 0 Å². The van der Waals surface area contributed by atoms with Crippen LogP contribution in [0.15, 0.2) is 39.5 Å². The molecule has 1 heterocycles. The molecule has 84 valence electrons. The van der Waals surface area contributed by atoms with Crippen molar-refractivity contribution in [1.82, 2.24) is 0 Å². The molecule has 0 bridgehead atoms. The van der Waals surface area contributed by atoms with E-state index < -0.39 is 6.10 Å². The molecule has 1 aromatic heterocycles. The lowest BCUT2D eigenvalue weighted by Gasteiger charge is -2.12. The van der Waals surface area contributed by atoms with Crippen molar-refractivity contribution >= 4 is 27.3 Å². The third kappa shape index (κ3) is 2.73. The molecular formula is C13H13BrOS. The van der Waals surface area contributed by atoms with Crippen LogP contribution in [-0.4, -0.2) is 5.11 Å². The first-order valence-corrected chi connectivity index (χ1v) is 6.85. The molecule has 0 radical (unpaired) electrons. The number of rotatable bonds is 3. The Morgan fingerprint density at radius 3 is 2.81 bits per heavy atom. The summed E-state index contributed by atoms with van der Waals surface area (Å²) >= 11 is 5.15. The van der Waals surface area contributed by atoms with Crippen LogP contribution in [0.5, 0.6) is 0 Å². The van der Waals surface area contributed by atoms with Crippen molar-refractivity contribution in [1.29, 1.82) is 0 Å². The highest BCUT2D eigenvalue weighted by atomic mass is 79.9. The van der Waals surface area contributed by atoms with Gasteiger partial charge < -0.3 is 5.11 Å². The SMILES string of the molecule is Cc1ccc(C(O)Cc2ccsc2)c(Br)c1. The monoisotopic (exact) mass is 296 g/mol. The normalized spacial score (nSPS) is 12.7. The number of benzene rings is 1. The molecule has 0 saturated carbocycles. The number of thiophene rings is 1. The smallest absolute Gasteiger partial charge is 0.0841 e. The summed E-state index contributed by atoms with van der Waals surface area (Å²) in [5.41, 5.74) is 3.33. The van der Waals surface area contributed by atoms with Crippen molar-refractivity contribution in [3.8, 4) is 0 Å². The molecule has 1 N–H and O–H groups in total. The maximum Gasteiger partial charge on any atom is 0.0841 e. The standard InChI is InChI=1S/C13H13BrOS/c1-9-2-3-11(12(14)6-9)13(15)7-10-4-5-16-8-10/h2-6,8,13,15H,7H2,1H3. The van der Waals surface area contributed by atoms with Gasteiger partial charge in [0, 0.05) is 10.9 Å². The van der Waals surface area contributed by atoms with Gasteiger partial charge in [-0.25, -0.2) is 0 Å². The van der Waals surface area contributed by atoms with E-state index in [0.717, 1.165) is 10.0 Å². The Morgan fingerprint density at radius 2 is 2.19 bits per heavy atom. The van der Waals surface area contributed by atoms with E-state index >= 15 is 0 Å².